The molecule has 0 bridgehead atoms. The fourth-order valence-electron chi connectivity index (χ4n) is 5.66. The molecule has 3 heterocycles. The van der Waals surface area contributed by atoms with Crippen LogP contribution in [0.25, 0.3) is 0 Å². The molecule has 5 rings (SSSR count). The maximum atomic E-state index is 13.5. The average Bonchev–Trinajstić information content (AvgIpc) is 2.90. The number of hydrogen-bond acceptors (Lipinski definition) is 5. The number of piperazine rings is 1. The van der Waals surface area contributed by atoms with Crippen LogP contribution in [0.15, 0.2) is 42.5 Å². The predicted octanol–water partition coefficient (Wildman–Crippen LogP) is 3.55. The lowest BCUT2D eigenvalue weighted by atomic mass is 9.82. The molecule has 0 saturated carbocycles. The Morgan fingerprint density at radius 3 is 2.51 bits per heavy atom. The highest BCUT2D eigenvalue weighted by atomic mass is 19.4. The number of benzene rings is 2. The maximum Gasteiger partial charge on any atom is 0.416 e. The molecule has 2 aromatic rings. The summed E-state index contributed by atoms with van der Waals surface area (Å²) in [6, 6.07) is 9.91. The van der Waals surface area contributed by atoms with Gasteiger partial charge in [-0.15, -0.1) is 0 Å². The molecule has 37 heavy (non-hydrogen) atoms. The molecule has 1 N–H and O–H groups in total. The first kappa shape index (κ1) is 25.8. The molecule has 0 radical (unpaired) electrons. The van der Waals surface area contributed by atoms with Crippen LogP contribution in [0.3, 0.4) is 0 Å². The molecular weight excluding hydrogens is 488 g/mol. The highest BCUT2D eigenvalue weighted by Crippen LogP contribution is 2.40. The largest absolute Gasteiger partial charge is 0.416 e. The Morgan fingerprint density at radius 2 is 1.78 bits per heavy atom. The van der Waals surface area contributed by atoms with E-state index in [1.54, 1.807) is 12.1 Å². The Morgan fingerprint density at radius 1 is 1.03 bits per heavy atom. The highest BCUT2D eigenvalue weighted by Gasteiger charge is 2.42. The summed E-state index contributed by atoms with van der Waals surface area (Å²) in [6.45, 7) is 6.27. The number of halogens is 4. The van der Waals surface area contributed by atoms with Gasteiger partial charge in [0.2, 0.25) is 5.91 Å². The number of amides is 1. The fraction of sp³-hybridized carbons (Fsp3) is 0.519. The summed E-state index contributed by atoms with van der Waals surface area (Å²) >= 11 is 0. The van der Waals surface area contributed by atoms with Crippen molar-refractivity contribution in [2.45, 2.75) is 25.1 Å². The molecule has 0 unspecified atom stereocenters. The van der Waals surface area contributed by atoms with Crippen LogP contribution in [0.1, 0.15) is 17.5 Å². The third-order valence-corrected chi connectivity index (χ3v) is 7.62. The second-order valence-corrected chi connectivity index (χ2v) is 9.93. The van der Waals surface area contributed by atoms with E-state index in [0.29, 0.717) is 31.7 Å². The van der Waals surface area contributed by atoms with Gasteiger partial charge in [-0.25, -0.2) is 4.39 Å². The lowest BCUT2D eigenvalue weighted by Crippen LogP contribution is -2.61. The first-order valence-corrected chi connectivity index (χ1v) is 12.8. The summed E-state index contributed by atoms with van der Waals surface area (Å²) in [5.41, 5.74) is 1.48. The van der Waals surface area contributed by atoms with Gasteiger partial charge < -0.3 is 19.9 Å². The third kappa shape index (κ3) is 5.85. The van der Waals surface area contributed by atoms with Crippen molar-refractivity contribution >= 4 is 17.3 Å². The van der Waals surface area contributed by atoms with E-state index in [1.165, 1.54) is 24.3 Å². The van der Waals surface area contributed by atoms with Crippen molar-refractivity contribution in [1.82, 2.24) is 10.2 Å². The van der Waals surface area contributed by atoms with E-state index in [0.717, 1.165) is 56.7 Å². The van der Waals surface area contributed by atoms with E-state index in [4.69, 9.17) is 4.74 Å². The molecule has 0 aromatic heterocycles. The second-order valence-electron chi connectivity index (χ2n) is 9.93. The van der Waals surface area contributed by atoms with Gasteiger partial charge in [-0.2, -0.15) is 13.2 Å². The Hall–Kier alpha value is -2.85. The monoisotopic (exact) mass is 520 g/mol. The quantitative estimate of drug-likeness (QED) is 0.467. The van der Waals surface area contributed by atoms with Gasteiger partial charge in [0.15, 0.2) is 0 Å². The minimum absolute atomic E-state index is 0.138. The zero-order valence-electron chi connectivity index (χ0n) is 20.6. The number of hydrogen-bond donors (Lipinski definition) is 1. The third-order valence-electron chi connectivity index (χ3n) is 7.62. The number of fused-ring (bicyclic) bond motifs is 3. The average molecular weight is 521 g/mol. The van der Waals surface area contributed by atoms with Crippen LogP contribution in [0.5, 0.6) is 0 Å². The van der Waals surface area contributed by atoms with Crippen molar-refractivity contribution < 1.29 is 27.1 Å². The van der Waals surface area contributed by atoms with Crippen molar-refractivity contribution in [3.05, 3.63) is 59.4 Å². The summed E-state index contributed by atoms with van der Waals surface area (Å²) < 4.78 is 59.1. The standard InChI is InChI=1S/C27H32F4N4O2/c28-21-3-5-22(6-4-21)34-10-11-35-24-7-2-20(27(29,30)31)16-19(24)17-23(25(35)18-34)26(36)32-8-1-9-33-12-14-37-15-13-33/h2-7,16,23,25H,1,8-15,17-18H2,(H,32,36)/t23-,25-/m1/s1. The van der Waals surface area contributed by atoms with E-state index < -0.39 is 17.7 Å². The zero-order chi connectivity index (χ0) is 26.0. The summed E-state index contributed by atoms with van der Waals surface area (Å²) in [4.78, 5) is 19.9. The number of nitrogens with zero attached hydrogens (tertiary/aromatic N) is 3. The van der Waals surface area contributed by atoms with Crippen LogP contribution in [0, 0.1) is 11.7 Å². The van der Waals surface area contributed by atoms with Gasteiger partial charge in [0.25, 0.3) is 0 Å². The second kappa shape index (κ2) is 10.9. The van der Waals surface area contributed by atoms with Crippen LogP contribution in [-0.4, -0.2) is 75.9 Å². The van der Waals surface area contributed by atoms with Gasteiger partial charge in [0.05, 0.1) is 30.7 Å². The van der Waals surface area contributed by atoms with Crippen molar-refractivity contribution in [2.75, 3.05) is 68.8 Å². The molecule has 2 aromatic carbocycles. The number of morpholine rings is 1. The number of rotatable bonds is 6. The molecule has 3 aliphatic heterocycles. The summed E-state index contributed by atoms with van der Waals surface area (Å²) in [7, 11) is 0. The molecule has 2 atom stereocenters. The molecular formula is C27H32F4N4O2. The molecule has 200 valence electrons. The smallest absolute Gasteiger partial charge is 0.379 e. The minimum Gasteiger partial charge on any atom is -0.379 e. The lowest BCUT2D eigenvalue weighted by molar-refractivity contribution is -0.137. The fourth-order valence-corrected chi connectivity index (χ4v) is 5.66. The Balaban J connectivity index is 1.33. The first-order valence-electron chi connectivity index (χ1n) is 12.8. The summed E-state index contributed by atoms with van der Waals surface area (Å²) in [5, 5.41) is 3.05. The van der Waals surface area contributed by atoms with Gasteiger partial charge in [0, 0.05) is 50.6 Å². The van der Waals surface area contributed by atoms with Gasteiger partial charge in [0.1, 0.15) is 5.82 Å². The maximum absolute atomic E-state index is 13.5. The van der Waals surface area contributed by atoms with Crippen molar-refractivity contribution in [2.24, 2.45) is 5.92 Å². The summed E-state index contributed by atoms with van der Waals surface area (Å²) in [5.74, 6) is -0.951. The van der Waals surface area contributed by atoms with Crippen molar-refractivity contribution in [1.29, 1.82) is 0 Å². The van der Waals surface area contributed by atoms with Crippen LogP contribution < -0.4 is 15.1 Å². The molecule has 2 fully saturated rings. The van der Waals surface area contributed by atoms with E-state index in [-0.39, 0.29) is 24.2 Å². The zero-order valence-corrected chi connectivity index (χ0v) is 20.6. The highest BCUT2D eigenvalue weighted by molar-refractivity contribution is 5.82. The number of carbonyl (C=O) groups excluding carboxylic acids is 1. The summed E-state index contributed by atoms with van der Waals surface area (Å²) in [6.07, 6.45) is -3.40. The number of ether oxygens (including phenoxy) is 1. The van der Waals surface area contributed by atoms with Gasteiger partial charge >= 0.3 is 6.18 Å². The van der Waals surface area contributed by atoms with Crippen LogP contribution in [0.4, 0.5) is 28.9 Å². The van der Waals surface area contributed by atoms with E-state index in [9.17, 15) is 22.4 Å². The first-order chi connectivity index (χ1) is 17.8. The normalized spacial score (nSPS) is 22.4. The van der Waals surface area contributed by atoms with Gasteiger partial charge in [-0.05, 0) is 67.4 Å². The van der Waals surface area contributed by atoms with E-state index in [2.05, 4.69) is 20.0 Å². The lowest BCUT2D eigenvalue weighted by Gasteiger charge is -2.49. The van der Waals surface area contributed by atoms with Crippen LogP contribution >= 0.6 is 0 Å². The molecule has 2 saturated heterocycles. The predicted molar refractivity (Wildman–Crippen MR) is 133 cm³/mol. The SMILES string of the molecule is O=C(NCCCN1CCOCC1)[C@@H]1Cc2cc(C(F)(F)F)ccc2N2CCN(c3ccc(F)cc3)C[C@H]12. The number of alkyl halides is 3. The van der Waals surface area contributed by atoms with E-state index in [1.807, 2.05) is 0 Å². The number of nitrogens with one attached hydrogen (secondary N) is 1. The number of carbonyl (C=O) groups is 1. The molecule has 10 heteroatoms. The number of anilines is 2. The van der Waals surface area contributed by atoms with Crippen molar-refractivity contribution in [3.8, 4) is 0 Å². The van der Waals surface area contributed by atoms with Crippen molar-refractivity contribution in [3.63, 3.8) is 0 Å². The van der Waals surface area contributed by atoms with E-state index >= 15 is 0 Å². The minimum atomic E-state index is -4.44. The molecule has 1 amide bonds. The Bertz CT molecular complexity index is 1090. The van der Waals surface area contributed by atoms with Gasteiger partial charge in [-0.3, -0.25) is 9.69 Å². The van der Waals surface area contributed by atoms with Crippen LogP contribution in [0.2, 0.25) is 0 Å². The molecule has 0 aliphatic carbocycles. The van der Waals surface area contributed by atoms with Gasteiger partial charge in [-0.1, -0.05) is 0 Å². The molecule has 0 spiro atoms. The Kier molecular flexibility index (Phi) is 7.57. The molecule has 3 aliphatic rings. The topological polar surface area (TPSA) is 48.1 Å². The molecule has 6 nitrogen and oxygen atoms in total. The van der Waals surface area contributed by atoms with Crippen LogP contribution in [-0.2, 0) is 22.1 Å². The Labute approximate surface area is 214 Å².